The minimum Gasteiger partial charge on any atom is -0.282 e. The van der Waals surface area contributed by atoms with E-state index in [1.807, 2.05) is 18.2 Å². The molecule has 0 bridgehead atoms. The maximum Gasteiger partial charge on any atom is 0.269 e. The van der Waals surface area contributed by atoms with Gasteiger partial charge in [0, 0.05) is 22.6 Å². The first-order chi connectivity index (χ1) is 10.8. The fourth-order valence-electron chi connectivity index (χ4n) is 2.27. The van der Waals surface area contributed by atoms with Crippen LogP contribution >= 0.6 is 11.8 Å². The number of benzene rings is 2. The molecule has 23 heavy (non-hydrogen) atoms. The number of nitro groups is 1. The molecule has 0 fully saturated rings. The Labute approximate surface area is 141 Å². The number of carbonyl (C=O) groups excluding carboxylic acids is 1. The standard InChI is InChI=1S/C17H19NO3SSi/c1-23(2,3)17(14-7-5-4-6-8-14)22-16(19)13-9-11-15(12-10-13)18(20)21/h4-12,17H,1-3H3. The van der Waals surface area contributed by atoms with Crippen molar-refractivity contribution in [1.29, 1.82) is 0 Å². The fraction of sp³-hybridized carbons (Fsp3) is 0.235. The summed E-state index contributed by atoms with van der Waals surface area (Å²) in [5, 5.41) is 10.7. The highest BCUT2D eigenvalue weighted by atomic mass is 32.2. The van der Waals surface area contributed by atoms with Gasteiger partial charge in [-0.05, 0) is 17.7 Å². The van der Waals surface area contributed by atoms with Crippen LogP contribution in [0.2, 0.25) is 19.6 Å². The molecule has 0 heterocycles. The number of thioether (sulfide) groups is 1. The Hall–Kier alpha value is -1.92. The molecule has 0 spiro atoms. The summed E-state index contributed by atoms with van der Waals surface area (Å²) in [7, 11) is -1.62. The lowest BCUT2D eigenvalue weighted by atomic mass is 10.2. The van der Waals surface area contributed by atoms with Gasteiger partial charge in [0.2, 0.25) is 5.12 Å². The second-order valence-corrected chi connectivity index (χ2v) is 13.2. The molecule has 0 saturated heterocycles. The number of rotatable bonds is 5. The van der Waals surface area contributed by atoms with Crippen molar-refractivity contribution in [3.05, 3.63) is 75.8 Å². The first-order valence-corrected chi connectivity index (χ1v) is 11.7. The van der Waals surface area contributed by atoms with Gasteiger partial charge >= 0.3 is 0 Å². The molecule has 6 heteroatoms. The molecule has 0 aromatic heterocycles. The highest BCUT2D eigenvalue weighted by Crippen LogP contribution is 2.39. The van der Waals surface area contributed by atoms with Crippen LogP contribution in [0.15, 0.2) is 54.6 Å². The number of nitrogens with zero attached hydrogens (tertiary/aromatic N) is 1. The van der Waals surface area contributed by atoms with E-state index in [0.717, 1.165) is 5.56 Å². The Morgan fingerprint density at radius 2 is 1.61 bits per heavy atom. The van der Waals surface area contributed by atoms with Crippen LogP contribution in [0.1, 0.15) is 20.8 Å². The Bertz CT molecular complexity index is 696. The van der Waals surface area contributed by atoms with Crippen molar-refractivity contribution in [3.8, 4) is 0 Å². The molecule has 120 valence electrons. The zero-order valence-corrected chi connectivity index (χ0v) is 15.2. The molecule has 0 amide bonds. The molecule has 1 unspecified atom stereocenters. The lowest BCUT2D eigenvalue weighted by molar-refractivity contribution is -0.384. The summed E-state index contributed by atoms with van der Waals surface area (Å²) in [6.45, 7) is 6.71. The third-order valence-corrected chi connectivity index (χ3v) is 8.77. The van der Waals surface area contributed by atoms with Gasteiger partial charge in [-0.15, -0.1) is 0 Å². The van der Waals surface area contributed by atoms with Crippen molar-refractivity contribution in [2.24, 2.45) is 0 Å². The number of hydrogen-bond acceptors (Lipinski definition) is 4. The molecular weight excluding hydrogens is 326 g/mol. The SMILES string of the molecule is C[Si](C)(C)C(SC(=O)c1ccc([N+](=O)[O-])cc1)c1ccccc1. The van der Waals surface area contributed by atoms with Gasteiger partial charge in [0.05, 0.1) is 13.0 Å². The lowest BCUT2D eigenvalue weighted by Gasteiger charge is -2.28. The molecule has 0 radical (unpaired) electrons. The molecule has 1 atom stereocenters. The van der Waals surface area contributed by atoms with E-state index >= 15 is 0 Å². The molecule has 0 aliphatic heterocycles. The summed E-state index contributed by atoms with van der Waals surface area (Å²) in [4.78, 5) is 23.0. The molecule has 0 N–H and O–H groups in total. The highest BCUT2D eigenvalue weighted by molar-refractivity contribution is 8.15. The van der Waals surface area contributed by atoms with E-state index in [2.05, 4.69) is 31.8 Å². The predicted octanol–water partition coefficient (Wildman–Crippen LogP) is 5.09. The molecule has 0 aliphatic carbocycles. The van der Waals surface area contributed by atoms with Crippen molar-refractivity contribution in [3.63, 3.8) is 0 Å². The van der Waals surface area contributed by atoms with Crippen molar-refractivity contribution < 1.29 is 9.72 Å². The maximum absolute atomic E-state index is 12.6. The van der Waals surface area contributed by atoms with E-state index in [0.29, 0.717) is 5.56 Å². The summed E-state index contributed by atoms with van der Waals surface area (Å²) >= 11 is 1.33. The normalized spacial score (nSPS) is 12.7. The summed E-state index contributed by atoms with van der Waals surface area (Å²) < 4.78 is 0. The van der Waals surface area contributed by atoms with E-state index in [4.69, 9.17) is 0 Å². The molecule has 0 saturated carbocycles. The van der Waals surface area contributed by atoms with Crippen molar-refractivity contribution in [2.45, 2.75) is 24.5 Å². The molecular formula is C17H19NO3SSi. The summed E-state index contributed by atoms with van der Waals surface area (Å²) in [6.07, 6.45) is 0. The number of hydrogen-bond donors (Lipinski definition) is 0. The average molecular weight is 345 g/mol. The second kappa shape index (κ2) is 7.10. The van der Waals surface area contributed by atoms with Gasteiger partial charge in [0.1, 0.15) is 0 Å². The first kappa shape index (κ1) is 17.4. The third-order valence-electron chi connectivity index (χ3n) is 3.43. The van der Waals surface area contributed by atoms with E-state index in [9.17, 15) is 14.9 Å². The summed E-state index contributed by atoms with van der Waals surface area (Å²) in [5.41, 5.74) is 1.66. The third kappa shape index (κ3) is 4.53. The number of non-ortho nitro benzene ring substituents is 1. The number of nitro benzene ring substituents is 1. The van der Waals surface area contributed by atoms with Gasteiger partial charge in [0.25, 0.3) is 5.69 Å². The molecule has 4 nitrogen and oxygen atoms in total. The van der Waals surface area contributed by atoms with Crippen LogP contribution in [0.5, 0.6) is 0 Å². The molecule has 2 rings (SSSR count). The van der Waals surface area contributed by atoms with E-state index in [-0.39, 0.29) is 15.7 Å². The van der Waals surface area contributed by atoms with Crippen LogP contribution in [0.25, 0.3) is 0 Å². The van der Waals surface area contributed by atoms with Gasteiger partial charge < -0.3 is 0 Å². The monoisotopic (exact) mass is 345 g/mol. The van der Waals surface area contributed by atoms with Crippen molar-refractivity contribution in [1.82, 2.24) is 0 Å². The van der Waals surface area contributed by atoms with Crippen LogP contribution in [0.4, 0.5) is 5.69 Å². The van der Waals surface area contributed by atoms with Gasteiger partial charge in [-0.3, -0.25) is 14.9 Å². The molecule has 0 aliphatic rings. The van der Waals surface area contributed by atoms with E-state index in [1.165, 1.54) is 36.0 Å². The predicted molar refractivity (Wildman–Crippen MR) is 97.5 cm³/mol. The summed E-state index contributed by atoms with van der Waals surface area (Å²) in [5.74, 6) is 0. The van der Waals surface area contributed by atoms with Crippen LogP contribution in [-0.4, -0.2) is 18.1 Å². The zero-order valence-electron chi connectivity index (χ0n) is 13.4. The van der Waals surface area contributed by atoms with Crippen LogP contribution in [-0.2, 0) is 0 Å². The Kier molecular flexibility index (Phi) is 5.38. The van der Waals surface area contributed by atoms with Crippen molar-refractivity contribution in [2.75, 3.05) is 0 Å². The Morgan fingerprint density at radius 3 is 2.09 bits per heavy atom. The van der Waals surface area contributed by atoms with E-state index < -0.39 is 13.0 Å². The largest absolute Gasteiger partial charge is 0.282 e. The minimum atomic E-state index is -1.62. The van der Waals surface area contributed by atoms with Gasteiger partial charge in [-0.1, -0.05) is 61.7 Å². The fourth-order valence-corrected chi connectivity index (χ4v) is 5.97. The molecule has 2 aromatic rings. The van der Waals surface area contributed by atoms with Crippen LogP contribution in [0.3, 0.4) is 0 Å². The van der Waals surface area contributed by atoms with Crippen molar-refractivity contribution >= 4 is 30.6 Å². The Morgan fingerprint density at radius 1 is 1.04 bits per heavy atom. The smallest absolute Gasteiger partial charge is 0.269 e. The van der Waals surface area contributed by atoms with E-state index in [1.54, 1.807) is 0 Å². The first-order valence-electron chi connectivity index (χ1n) is 7.29. The minimum absolute atomic E-state index is 0.00337. The quantitative estimate of drug-likeness (QED) is 0.430. The maximum atomic E-state index is 12.6. The second-order valence-electron chi connectivity index (χ2n) is 6.37. The van der Waals surface area contributed by atoms with Crippen LogP contribution < -0.4 is 0 Å². The lowest BCUT2D eigenvalue weighted by Crippen LogP contribution is -2.29. The average Bonchev–Trinajstić information content (AvgIpc) is 2.52. The summed E-state index contributed by atoms with van der Waals surface area (Å²) in [6, 6.07) is 15.9. The topological polar surface area (TPSA) is 60.2 Å². The number of carbonyl (C=O) groups is 1. The van der Waals surface area contributed by atoms with Gasteiger partial charge in [-0.2, -0.15) is 0 Å². The molecule has 2 aromatic carbocycles. The zero-order chi connectivity index (χ0) is 17.0. The van der Waals surface area contributed by atoms with Gasteiger partial charge in [0.15, 0.2) is 0 Å². The Balaban J connectivity index is 2.23. The van der Waals surface area contributed by atoms with Gasteiger partial charge in [-0.25, -0.2) is 0 Å². The van der Waals surface area contributed by atoms with Crippen LogP contribution in [0, 0.1) is 10.1 Å². The highest BCUT2D eigenvalue weighted by Gasteiger charge is 2.31.